The number of hydrogen-bond donors (Lipinski definition) is 2. The van der Waals surface area contributed by atoms with Crippen molar-refractivity contribution in [2.24, 2.45) is 0 Å². The second kappa shape index (κ2) is 8.64. The van der Waals surface area contributed by atoms with Crippen molar-refractivity contribution in [1.29, 1.82) is 0 Å². The van der Waals surface area contributed by atoms with Crippen LogP contribution in [0.25, 0.3) is 0 Å². The topological polar surface area (TPSA) is 71.5 Å². The Kier molecular flexibility index (Phi) is 6.03. The molecule has 0 atom stereocenters. The van der Waals surface area contributed by atoms with Gasteiger partial charge in [0.25, 0.3) is 0 Å². The van der Waals surface area contributed by atoms with Gasteiger partial charge in [0, 0.05) is 32.4 Å². The first kappa shape index (κ1) is 17.4. The molecule has 0 spiro atoms. The number of aryl methyl sites for hydroxylation is 1. The van der Waals surface area contributed by atoms with E-state index in [1.807, 2.05) is 31.2 Å². The van der Waals surface area contributed by atoms with E-state index < -0.39 is 0 Å². The fourth-order valence-electron chi connectivity index (χ4n) is 2.72. The molecule has 7 nitrogen and oxygen atoms in total. The fourth-order valence-corrected chi connectivity index (χ4v) is 2.72. The molecule has 1 aliphatic rings. The SMILES string of the molecule is COc1ccc(C)cc1Nc1nccc(NCCN2CCOCC2)n1. The second-order valence-corrected chi connectivity index (χ2v) is 5.98. The summed E-state index contributed by atoms with van der Waals surface area (Å²) in [5, 5.41) is 6.58. The van der Waals surface area contributed by atoms with Gasteiger partial charge in [0.15, 0.2) is 0 Å². The lowest BCUT2D eigenvalue weighted by molar-refractivity contribution is 0.0398. The van der Waals surface area contributed by atoms with Crippen LogP contribution < -0.4 is 15.4 Å². The molecule has 7 heteroatoms. The van der Waals surface area contributed by atoms with Crippen LogP contribution in [0.4, 0.5) is 17.5 Å². The number of rotatable bonds is 7. The molecule has 0 unspecified atom stereocenters. The Morgan fingerprint density at radius 1 is 1.24 bits per heavy atom. The van der Waals surface area contributed by atoms with Crippen molar-refractivity contribution in [3.63, 3.8) is 0 Å². The molecule has 1 aromatic heterocycles. The molecule has 2 heterocycles. The number of benzene rings is 1. The lowest BCUT2D eigenvalue weighted by Crippen LogP contribution is -2.39. The van der Waals surface area contributed by atoms with Gasteiger partial charge >= 0.3 is 0 Å². The fraction of sp³-hybridized carbons (Fsp3) is 0.444. The highest BCUT2D eigenvalue weighted by Gasteiger charge is 2.10. The Labute approximate surface area is 148 Å². The summed E-state index contributed by atoms with van der Waals surface area (Å²) >= 11 is 0. The normalized spacial score (nSPS) is 15.0. The Hall–Kier alpha value is -2.38. The Morgan fingerprint density at radius 2 is 2.08 bits per heavy atom. The quantitative estimate of drug-likeness (QED) is 0.799. The van der Waals surface area contributed by atoms with E-state index in [0.29, 0.717) is 5.95 Å². The molecule has 1 aliphatic heterocycles. The molecular weight excluding hydrogens is 318 g/mol. The van der Waals surface area contributed by atoms with Gasteiger partial charge in [0.2, 0.25) is 5.95 Å². The van der Waals surface area contributed by atoms with Crippen LogP contribution in [0.3, 0.4) is 0 Å². The van der Waals surface area contributed by atoms with Crippen molar-refractivity contribution in [3.8, 4) is 5.75 Å². The summed E-state index contributed by atoms with van der Waals surface area (Å²) in [4.78, 5) is 11.2. The van der Waals surface area contributed by atoms with Gasteiger partial charge in [0.1, 0.15) is 11.6 Å². The van der Waals surface area contributed by atoms with E-state index in [9.17, 15) is 0 Å². The highest BCUT2D eigenvalue weighted by molar-refractivity contribution is 5.64. The molecule has 0 saturated carbocycles. The van der Waals surface area contributed by atoms with Crippen molar-refractivity contribution in [3.05, 3.63) is 36.0 Å². The van der Waals surface area contributed by atoms with Crippen molar-refractivity contribution < 1.29 is 9.47 Å². The van der Waals surface area contributed by atoms with Crippen LogP contribution in [0.1, 0.15) is 5.56 Å². The molecule has 0 aliphatic carbocycles. The third kappa shape index (κ3) is 5.04. The summed E-state index contributed by atoms with van der Waals surface area (Å²) in [6, 6.07) is 7.83. The molecule has 25 heavy (non-hydrogen) atoms. The zero-order chi connectivity index (χ0) is 17.5. The number of nitrogens with zero attached hydrogens (tertiary/aromatic N) is 3. The average molecular weight is 343 g/mol. The standard InChI is InChI=1S/C18H25N5O2/c1-14-3-4-16(24-2)15(13-14)21-18-20-6-5-17(22-18)19-7-8-23-9-11-25-12-10-23/h3-6,13H,7-12H2,1-2H3,(H2,19,20,21,22). The number of morpholine rings is 1. The van der Waals surface area contributed by atoms with Crippen molar-refractivity contribution >= 4 is 17.5 Å². The van der Waals surface area contributed by atoms with E-state index in [0.717, 1.165) is 62.2 Å². The third-order valence-corrected chi connectivity index (χ3v) is 4.09. The molecule has 1 fully saturated rings. The number of hydrogen-bond acceptors (Lipinski definition) is 7. The van der Waals surface area contributed by atoms with Crippen LogP contribution in [0, 0.1) is 6.92 Å². The summed E-state index contributed by atoms with van der Waals surface area (Å²) in [6.07, 6.45) is 1.74. The van der Waals surface area contributed by atoms with Gasteiger partial charge in [-0.15, -0.1) is 0 Å². The smallest absolute Gasteiger partial charge is 0.229 e. The molecule has 2 N–H and O–H groups in total. The Balaban J connectivity index is 1.58. The van der Waals surface area contributed by atoms with Gasteiger partial charge in [-0.05, 0) is 30.7 Å². The van der Waals surface area contributed by atoms with Gasteiger partial charge in [-0.1, -0.05) is 6.07 Å². The largest absolute Gasteiger partial charge is 0.495 e. The minimum atomic E-state index is 0.542. The summed E-state index contributed by atoms with van der Waals surface area (Å²) in [6.45, 7) is 7.47. The first-order valence-corrected chi connectivity index (χ1v) is 8.53. The van der Waals surface area contributed by atoms with Crippen LogP contribution in [0.5, 0.6) is 5.75 Å². The minimum absolute atomic E-state index is 0.542. The number of nitrogens with one attached hydrogen (secondary N) is 2. The highest BCUT2D eigenvalue weighted by Crippen LogP contribution is 2.27. The molecule has 0 amide bonds. The molecule has 134 valence electrons. The van der Waals surface area contributed by atoms with E-state index in [2.05, 4.69) is 25.5 Å². The maximum absolute atomic E-state index is 5.39. The maximum Gasteiger partial charge on any atom is 0.229 e. The van der Waals surface area contributed by atoms with Crippen LogP contribution in [-0.4, -0.2) is 61.4 Å². The van der Waals surface area contributed by atoms with E-state index in [4.69, 9.17) is 9.47 Å². The molecule has 1 saturated heterocycles. The van der Waals surface area contributed by atoms with Gasteiger partial charge in [-0.25, -0.2) is 4.98 Å². The van der Waals surface area contributed by atoms with Crippen LogP contribution >= 0.6 is 0 Å². The van der Waals surface area contributed by atoms with E-state index in [1.165, 1.54) is 0 Å². The summed E-state index contributed by atoms with van der Waals surface area (Å²) in [5.74, 6) is 2.11. The number of methoxy groups -OCH3 is 1. The van der Waals surface area contributed by atoms with Crippen LogP contribution in [-0.2, 0) is 4.74 Å². The number of aromatic nitrogens is 2. The number of anilines is 3. The van der Waals surface area contributed by atoms with Crippen molar-refractivity contribution in [2.45, 2.75) is 6.92 Å². The first-order chi connectivity index (χ1) is 12.2. The second-order valence-electron chi connectivity index (χ2n) is 5.98. The third-order valence-electron chi connectivity index (χ3n) is 4.09. The van der Waals surface area contributed by atoms with Crippen molar-refractivity contribution in [1.82, 2.24) is 14.9 Å². The lowest BCUT2D eigenvalue weighted by Gasteiger charge is -2.26. The van der Waals surface area contributed by atoms with E-state index >= 15 is 0 Å². The highest BCUT2D eigenvalue weighted by atomic mass is 16.5. The molecular formula is C18H25N5O2. The molecule has 3 rings (SSSR count). The summed E-state index contributed by atoms with van der Waals surface area (Å²) in [7, 11) is 1.65. The summed E-state index contributed by atoms with van der Waals surface area (Å²) in [5.41, 5.74) is 2.00. The van der Waals surface area contributed by atoms with Crippen LogP contribution in [0.2, 0.25) is 0 Å². The number of ether oxygens (including phenoxy) is 2. The van der Waals surface area contributed by atoms with Crippen molar-refractivity contribution in [2.75, 3.05) is 57.1 Å². The Bertz CT molecular complexity index is 689. The van der Waals surface area contributed by atoms with E-state index in [1.54, 1.807) is 13.3 Å². The minimum Gasteiger partial charge on any atom is -0.495 e. The molecule has 1 aromatic carbocycles. The predicted octanol–water partition coefficient (Wildman–Crippen LogP) is 2.28. The Morgan fingerprint density at radius 3 is 2.88 bits per heavy atom. The molecule has 2 aromatic rings. The molecule has 0 bridgehead atoms. The van der Waals surface area contributed by atoms with Gasteiger partial charge < -0.3 is 20.1 Å². The van der Waals surface area contributed by atoms with Crippen LogP contribution in [0.15, 0.2) is 30.5 Å². The predicted molar refractivity (Wildman–Crippen MR) is 98.8 cm³/mol. The average Bonchev–Trinajstić information content (AvgIpc) is 2.63. The maximum atomic E-state index is 5.39. The van der Waals surface area contributed by atoms with Gasteiger partial charge in [-0.2, -0.15) is 4.98 Å². The summed E-state index contributed by atoms with van der Waals surface area (Å²) < 4.78 is 10.7. The molecule has 0 radical (unpaired) electrons. The monoisotopic (exact) mass is 343 g/mol. The van der Waals surface area contributed by atoms with Gasteiger partial charge in [0.05, 0.1) is 26.0 Å². The zero-order valence-corrected chi connectivity index (χ0v) is 14.8. The van der Waals surface area contributed by atoms with E-state index in [-0.39, 0.29) is 0 Å². The zero-order valence-electron chi connectivity index (χ0n) is 14.8. The van der Waals surface area contributed by atoms with Gasteiger partial charge in [-0.3, -0.25) is 4.90 Å². The first-order valence-electron chi connectivity index (χ1n) is 8.53. The lowest BCUT2D eigenvalue weighted by atomic mass is 10.2.